The summed E-state index contributed by atoms with van der Waals surface area (Å²) in [4.78, 5) is 0. The molecule has 1 rings (SSSR count). The van der Waals surface area contributed by atoms with Gasteiger partial charge in [0.05, 0.1) is 0 Å². The van der Waals surface area contributed by atoms with E-state index in [1.54, 1.807) is 0 Å². The van der Waals surface area contributed by atoms with Crippen molar-refractivity contribution >= 4 is 12.6 Å². The van der Waals surface area contributed by atoms with Gasteiger partial charge in [0.2, 0.25) is 0 Å². The molecular formula is C7H13PrS-. The molecule has 1 radical (unpaired) electrons. The molecule has 51 valence electrons. The molecule has 0 aromatic carbocycles. The molecule has 1 saturated carbocycles. The van der Waals surface area contributed by atoms with Gasteiger partial charge in [0.15, 0.2) is 0 Å². The van der Waals surface area contributed by atoms with Crippen molar-refractivity contribution < 1.29 is 41.3 Å². The molecule has 0 aromatic heterocycles. The van der Waals surface area contributed by atoms with Crippen molar-refractivity contribution in [1.82, 2.24) is 0 Å². The van der Waals surface area contributed by atoms with Gasteiger partial charge in [0.25, 0.3) is 0 Å². The molecule has 1 aliphatic carbocycles. The normalized spacial score (nSPS) is 35.3. The van der Waals surface area contributed by atoms with Gasteiger partial charge in [-0.2, -0.15) is 5.25 Å². The van der Waals surface area contributed by atoms with Gasteiger partial charge in [0.1, 0.15) is 0 Å². The summed E-state index contributed by atoms with van der Waals surface area (Å²) < 4.78 is 0. The van der Waals surface area contributed by atoms with E-state index in [2.05, 4.69) is 6.92 Å². The zero-order valence-corrected chi connectivity index (χ0v) is 10.5. The minimum Gasteiger partial charge on any atom is -0.789 e. The predicted octanol–water partition coefficient (Wildman–Crippen LogP) is 2.11. The molecule has 0 spiro atoms. The van der Waals surface area contributed by atoms with E-state index in [1.165, 1.54) is 25.7 Å². The predicted molar refractivity (Wildman–Crippen MR) is 38.8 cm³/mol. The molecule has 0 N–H and O–H groups in total. The summed E-state index contributed by atoms with van der Waals surface area (Å²) in [5.41, 5.74) is 0. The molecule has 0 saturated heterocycles. The number of hydrogen-bond donors (Lipinski definition) is 0. The Labute approximate surface area is 96.5 Å². The summed E-state index contributed by atoms with van der Waals surface area (Å²) in [7, 11) is 0. The third kappa shape index (κ3) is 3.58. The Morgan fingerprint density at radius 1 is 1.22 bits per heavy atom. The van der Waals surface area contributed by atoms with Gasteiger partial charge < -0.3 is 12.6 Å². The van der Waals surface area contributed by atoms with Crippen LogP contribution in [0, 0.1) is 47.2 Å². The summed E-state index contributed by atoms with van der Waals surface area (Å²) in [6.07, 6.45) is 5.44. The fraction of sp³-hybridized carbons (Fsp3) is 1.00. The second-order valence-corrected chi connectivity index (χ2v) is 3.41. The van der Waals surface area contributed by atoms with Gasteiger partial charge in [-0.3, -0.25) is 0 Å². The van der Waals surface area contributed by atoms with E-state index in [1.807, 2.05) is 0 Å². The van der Waals surface area contributed by atoms with E-state index in [-0.39, 0.29) is 41.3 Å². The third-order valence-corrected chi connectivity index (χ3v) is 2.73. The second-order valence-electron chi connectivity index (χ2n) is 2.80. The number of rotatable bonds is 0. The maximum absolute atomic E-state index is 5.21. The van der Waals surface area contributed by atoms with Crippen LogP contribution >= 0.6 is 0 Å². The van der Waals surface area contributed by atoms with E-state index in [4.69, 9.17) is 12.6 Å². The summed E-state index contributed by atoms with van der Waals surface area (Å²) in [6, 6.07) is 0. The SMILES string of the molecule is CC1CCCCC1[S-].[Pr]. The summed E-state index contributed by atoms with van der Waals surface area (Å²) >= 11 is 5.21. The standard InChI is InChI=1S/C7H14S.Pr/c1-6-4-2-3-5-7(6)8;/h6-8H,2-5H2,1H3;/p-1. The molecule has 0 bridgehead atoms. The van der Waals surface area contributed by atoms with Gasteiger partial charge in [-0.15, -0.1) is 0 Å². The summed E-state index contributed by atoms with van der Waals surface area (Å²) in [5, 5.41) is 0.587. The van der Waals surface area contributed by atoms with Crippen molar-refractivity contribution in [2.45, 2.75) is 37.9 Å². The molecule has 2 unspecified atom stereocenters. The monoisotopic (exact) mass is 270 g/mol. The molecule has 0 aromatic rings. The molecule has 0 amide bonds. The first-order valence-corrected chi connectivity index (χ1v) is 3.93. The van der Waals surface area contributed by atoms with E-state index in [0.717, 1.165) is 5.92 Å². The topological polar surface area (TPSA) is 0 Å². The van der Waals surface area contributed by atoms with Gasteiger partial charge >= 0.3 is 0 Å². The summed E-state index contributed by atoms with van der Waals surface area (Å²) in [5.74, 6) is 0.818. The van der Waals surface area contributed by atoms with Crippen LogP contribution in [0.3, 0.4) is 0 Å². The van der Waals surface area contributed by atoms with Crippen LogP contribution in [0.15, 0.2) is 0 Å². The van der Waals surface area contributed by atoms with Crippen LogP contribution < -0.4 is 0 Å². The molecule has 0 heterocycles. The van der Waals surface area contributed by atoms with Crippen molar-refractivity contribution in [3.05, 3.63) is 0 Å². The Kier molecular flexibility index (Phi) is 6.40. The minimum absolute atomic E-state index is 0. The second kappa shape index (κ2) is 5.38. The molecule has 2 atom stereocenters. The van der Waals surface area contributed by atoms with Gasteiger partial charge in [0, 0.05) is 41.3 Å². The van der Waals surface area contributed by atoms with Gasteiger partial charge in [-0.05, 0) is 0 Å². The fourth-order valence-electron chi connectivity index (χ4n) is 1.28. The maximum atomic E-state index is 5.21. The average molecular weight is 270 g/mol. The first kappa shape index (κ1) is 10.7. The molecule has 0 aliphatic heterocycles. The Bertz CT molecular complexity index is 65.3. The summed E-state index contributed by atoms with van der Waals surface area (Å²) in [6.45, 7) is 2.27. The zero-order valence-electron chi connectivity index (χ0n) is 5.97. The van der Waals surface area contributed by atoms with Crippen LogP contribution in [0.4, 0.5) is 0 Å². The van der Waals surface area contributed by atoms with Crippen molar-refractivity contribution in [2.24, 2.45) is 5.92 Å². The molecule has 1 fully saturated rings. The van der Waals surface area contributed by atoms with Crippen molar-refractivity contribution in [3.8, 4) is 0 Å². The average Bonchev–Trinajstić information content (AvgIpc) is 1.77. The van der Waals surface area contributed by atoms with E-state index in [0.29, 0.717) is 5.25 Å². The largest absolute Gasteiger partial charge is 0.789 e. The van der Waals surface area contributed by atoms with Gasteiger partial charge in [-0.25, -0.2) is 0 Å². The molecule has 0 nitrogen and oxygen atoms in total. The smallest absolute Gasteiger partial charge is 0 e. The van der Waals surface area contributed by atoms with Crippen molar-refractivity contribution in [3.63, 3.8) is 0 Å². The van der Waals surface area contributed by atoms with Crippen LogP contribution in [-0.2, 0) is 12.6 Å². The van der Waals surface area contributed by atoms with Crippen LogP contribution in [0.5, 0.6) is 0 Å². The first-order valence-electron chi connectivity index (χ1n) is 3.46. The van der Waals surface area contributed by atoms with E-state index in [9.17, 15) is 0 Å². The zero-order chi connectivity index (χ0) is 5.98. The Morgan fingerprint density at radius 2 is 1.78 bits per heavy atom. The number of hydrogen-bond acceptors (Lipinski definition) is 1. The van der Waals surface area contributed by atoms with Gasteiger partial charge in [-0.1, -0.05) is 38.5 Å². The van der Waals surface area contributed by atoms with Crippen LogP contribution in [0.2, 0.25) is 0 Å². The van der Waals surface area contributed by atoms with Crippen molar-refractivity contribution in [1.29, 1.82) is 0 Å². The molecule has 1 aliphatic rings. The Morgan fingerprint density at radius 3 is 2.11 bits per heavy atom. The van der Waals surface area contributed by atoms with Crippen LogP contribution in [-0.4, -0.2) is 5.25 Å². The third-order valence-electron chi connectivity index (χ3n) is 2.03. The fourth-order valence-corrected chi connectivity index (χ4v) is 1.58. The van der Waals surface area contributed by atoms with E-state index < -0.39 is 0 Å². The molecule has 9 heavy (non-hydrogen) atoms. The molecule has 2 heteroatoms. The van der Waals surface area contributed by atoms with Crippen LogP contribution in [0.25, 0.3) is 0 Å². The molecular weight excluding hydrogens is 257 g/mol. The first-order chi connectivity index (χ1) is 3.80. The quantitative estimate of drug-likeness (QED) is 0.607. The van der Waals surface area contributed by atoms with Crippen molar-refractivity contribution in [2.75, 3.05) is 0 Å². The maximum Gasteiger partial charge on any atom is 0 e. The van der Waals surface area contributed by atoms with Crippen LogP contribution in [0.1, 0.15) is 32.6 Å². The Balaban J connectivity index is 0.000000640. The minimum atomic E-state index is 0. The Hall–Kier alpha value is 1.71. The van der Waals surface area contributed by atoms with E-state index >= 15 is 0 Å².